The molecule has 2 N–H and O–H groups in total. The van der Waals surface area contributed by atoms with Crippen molar-refractivity contribution in [1.82, 2.24) is 0 Å². The Labute approximate surface area is 99.5 Å². The summed E-state index contributed by atoms with van der Waals surface area (Å²) < 4.78 is 38.0. The summed E-state index contributed by atoms with van der Waals surface area (Å²) in [6.45, 7) is 0. The van der Waals surface area contributed by atoms with E-state index in [4.69, 9.17) is 11.0 Å². The number of alkyl halides is 3. The zero-order valence-electron chi connectivity index (χ0n) is 8.77. The maximum absolute atomic E-state index is 12.4. The van der Waals surface area contributed by atoms with Crippen molar-refractivity contribution < 1.29 is 13.2 Å². The third-order valence-corrected chi connectivity index (χ3v) is 3.81. The molecule has 0 atom stereocenters. The van der Waals surface area contributed by atoms with Crippen LogP contribution in [0.25, 0.3) is 11.8 Å². The summed E-state index contributed by atoms with van der Waals surface area (Å²) in [6, 6.07) is 1.83. The molecule has 0 fully saturated rings. The summed E-state index contributed by atoms with van der Waals surface area (Å²) in [6.07, 6.45) is -2.36. The number of nitriles is 1. The number of nitrogens with two attached hydrogens (primary N) is 1. The topological polar surface area (TPSA) is 49.8 Å². The first-order chi connectivity index (χ1) is 7.92. The number of thiophene rings is 1. The zero-order chi connectivity index (χ0) is 12.6. The van der Waals surface area contributed by atoms with E-state index >= 15 is 0 Å². The average molecular weight is 258 g/mol. The third-order valence-electron chi connectivity index (χ3n) is 2.58. The lowest BCUT2D eigenvalue weighted by Gasteiger charge is -2.06. The molecule has 0 radical (unpaired) electrons. The molecule has 17 heavy (non-hydrogen) atoms. The molecular weight excluding hydrogens is 249 g/mol. The van der Waals surface area contributed by atoms with Gasteiger partial charge < -0.3 is 5.73 Å². The Morgan fingerprint density at radius 1 is 1.47 bits per heavy atom. The molecule has 0 unspecified atom stereocenters. The minimum atomic E-state index is -4.31. The molecule has 1 aromatic rings. The van der Waals surface area contributed by atoms with E-state index in [1.54, 1.807) is 6.08 Å². The first kappa shape index (κ1) is 12.0. The van der Waals surface area contributed by atoms with Gasteiger partial charge in [-0.2, -0.15) is 18.4 Å². The maximum Gasteiger partial charge on any atom is 0.393 e. The standard InChI is InChI=1S/C11H9F3N2S/c12-11(13,14)4-7-6-2-1-3-8(16)10(6)17-9(7)5-15/h2H,1,3-4,16H2. The molecule has 0 saturated carbocycles. The van der Waals surface area contributed by atoms with Crippen LogP contribution in [0.4, 0.5) is 13.2 Å². The molecule has 0 amide bonds. The first-order valence-corrected chi connectivity index (χ1v) is 5.81. The van der Waals surface area contributed by atoms with Crippen LogP contribution in [0, 0.1) is 11.3 Å². The first-order valence-electron chi connectivity index (χ1n) is 5.00. The van der Waals surface area contributed by atoms with Crippen LogP contribution in [0.3, 0.4) is 0 Å². The number of halogens is 3. The molecule has 2 rings (SSSR count). The van der Waals surface area contributed by atoms with Crippen molar-refractivity contribution in [2.24, 2.45) is 5.73 Å². The van der Waals surface area contributed by atoms with Gasteiger partial charge in [-0.3, -0.25) is 0 Å². The van der Waals surface area contributed by atoms with Crippen LogP contribution in [-0.4, -0.2) is 6.18 Å². The third kappa shape index (κ3) is 2.29. The molecule has 1 aliphatic carbocycles. The smallest absolute Gasteiger partial charge is 0.393 e. The summed E-state index contributed by atoms with van der Waals surface area (Å²) >= 11 is 1.06. The second kappa shape index (κ2) is 4.08. The lowest BCUT2D eigenvalue weighted by Crippen LogP contribution is -2.31. The Hall–Kier alpha value is -1.48. The van der Waals surface area contributed by atoms with Crippen molar-refractivity contribution >= 4 is 23.1 Å². The predicted octanol–water partition coefficient (Wildman–Crippen LogP) is 1.37. The maximum atomic E-state index is 12.4. The summed E-state index contributed by atoms with van der Waals surface area (Å²) in [7, 11) is 0. The van der Waals surface area contributed by atoms with Gasteiger partial charge in [0, 0.05) is 5.70 Å². The van der Waals surface area contributed by atoms with Crippen molar-refractivity contribution in [3.63, 3.8) is 0 Å². The summed E-state index contributed by atoms with van der Waals surface area (Å²) in [4.78, 5) is 0.119. The Kier molecular flexibility index (Phi) is 2.87. The van der Waals surface area contributed by atoms with Gasteiger partial charge in [0.2, 0.25) is 0 Å². The fraction of sp³-hybridized carbons (Fsp3) is 0.364. The van der Waals surface area contributed by atoms with Gasteiger partial charge in [-0.25, -0.2) is 0 Å². The van der Waals surface area contributed by atoms with Crippen molar-refractivity contribution in [2.45, 2.75) is 25.4 Å². The van der Waals surface area contributed by atoms with Crippen molar-refractivity contribution in [2.75, 3.05) is 0 Å². The number of hydrogen-bond acceptors (Lipinski definition) is 3. The van der Waals surface area contributed by atoms with Crippen LogP contribution in [-0.2, 0) is 6.42 Å². The second-order valence-corrected chi connectivity index (χ2v) is 4.84. The van der Waals surface area contributed by atoms with Gasteiger partial charge in [0.25, 0.3) is 0 Å². The molecule has 1 heterocycles. The summed E-state index contributed by atoms with van der Waals surface area (Å²) in [5.74, 6) is 0. The zero-order valence-corrected chi connectivity index (χ0v) is 9.58. The summed E-state index contributed by atoms with van der Waals surface area (Å²) in [5.41, 5.74) is 6.42. The van der Waals surface area contributed by atoms with E-state index < -0.39 is 12.6 Å². The second-order valence-electron chi connectivity index (χ2n) is 3.82. The molecule has 1 aromatic heterocycles. The van der Waals surface area contributed by atoms with Crippen LogP contribution in [0.5, 0.6) is 0 Å². The number of fused-ring (bicyclic) bond motifs is 1. The van der Waals surface area contributed by atoms with Crippen molar-refractivity contribution in [3.05, 3.63) is 20.2 Å². The Morgan fingerprint density at radius 2 is 2.18 bits per heavy atom. The van der Waals surface area contributed by atoms with E-state index in [1.807, 2.05) is 6.07 Å². The molecule has 0 saturated heterocycles. The highest BCUT2D eigenvalue weighted by Crippen LogP contribution is 2.23. The van der Waals surface area contributed by atoms with Gasteiger partial charge >= 0.3 is 6.18 Å². The number of nitrogens with zero attached hydrogens (tertiary/aromatic N) is 1. The van der Waals surface area contributed by atoms with E-state index in [0.29, 0.717) is 28.3 Å². The quantitative estimate of drug-likeness (QED) is 0.827. The van der Waals surface area contributed by atoms with E-state index in [1.165, 1.54) is 0 Å². The van der Waals surface area contributed by atoms with Crippen molar-refractivity contribution in [1.29, 1.82) is 5.26 Å². The minimum Gasteiger partial charge on any atom is -0.401 e. The fourth-order valence-electron chi connectivity index (χ4n) is 1.88. The van der Waals surface area contributed by atoms with Crippen LogP contribution < -0.4 is 15.5 Å². The van der Waals surface area contributed by atoms with Gasteiger partial charge in [-0.15, -0.1) is 11.3 Å². The van der Waals surface area contributed by atoms with E-state index in [-0.39, 0.29) is 10.4 Å². The average Bonchev–Trinajstić information content (AvgIpc) is 2.56. The highest BCUT2D eigenvalue weighted by molar-refractivity contribution is 7.10. The monoisotopic (exact) mass is 258 g/mol. The van der Waals surface area contributed by atoms with Crippen LogP contribution in [0.15, 0.2) is 0 Å². The normalized spacial score (nSPS) is 15.1. The van der Waals surface area contributed by atoms with Gasteiger partial charge in [-0.05, 0) is 23.6 Å². The van der Waals surface area contributed by atoms with Gasteiger partial charge in [0.15, 0.2) is 0 Å². The van der Waals surface area contributed by atoms with Crippen LogP contribution in [0.2, 0.25) is 0 Å². The molecule has 90 valence electrons. The Bertz CT molecular complexity index is 604. The minimum absolute atomic E-state index is 0.0719. The molecule has 6 heteroatoms. The molecule has 1 aliphatic rings. The van der Waals surface area contributed by atoms with Gasteiger partial charge in [-0.1, -0.05) is 6.08 Å². The number of rotatable bonds is 1. The fourth-order valence-corrected chi connectivity index (χ4v) is 2.99. The Morgan fingerprint density at radius 3 is 2.76 bits per heavy atom. The van der Waals surface area contributed by atoms with Crippen LogP contribution in [0.1, 0.15) is 23.3 Å². The van der Waals surface area contributed by atoms with E-state index in [0.717, 1.165) is 11.3 Å². The highest BCUT2D eigenvalue weighted by atomic mass is 32.1. The lowest BCUT2D eigenvalue weighted by atomic mass is 10.0. The SMILES string of the molecule is N#Cc1sc2c(c1CC(F)(F)F)=CCCC=2N. The molecule has 0 spiro atoms. The van der Waals surface area contributed by atoms with E-state index in [9.17, 15) is 13.2 Å². The summed E-state index contributed by atoms with van der Waals surface area (Å²) in [5, 5.41) is 9.39. The largest absolute Gasteiger partial charge is 0.401 e. The molecule has 0 bridgehead atoms. The van der Waals surface area contributed by atoms with Crippen molar-refractivity contribution in [3.8, 4) is 6.07 Å². The van der Waals surface area contributed by atoms with Gasteiger partial charge in [0.05, 0.1) is 11.0 Å². The van der Waals surface area contributed by atoms with Gasteiger partial charge in [0.1, 0.15) is 10.9 Å². The molecule has 2 nitrogen and oxygen atoms in total. The predicted molar refractivity (Wildman–Crippen MR) is 59.3 cm³/mol. The van der Waals surface area contributed by atoms with E-state index in [2.05, 4.69) is 0 Å². The molecular formula is C11H9F3N2S. The molecule has 0 aromatic carbocycles. The molecule has 0 aliphatic heterocycles. The lowest BCUT2D eigenvalue weighted by molar-refractivity contribution is -0.127. The Balaban J connectivity index is 2.69. The van der Waals surface area contributed by atoms with Crippen LogP contribution >= 0.6 is 11.3 Å². The number of hydrogen-bond donors (Lipinski definition) is 1. The highest BCUT2D eigenvalue weighted by Gasteiger charge is 2.31.